The molecule has 3 nitrogen and oxygen atoms in total. The van der Waals surface area contributed by atoms with Crippen LogP contribution in [0.2, 0.25) is 0 Å². The largest absolute Gasteiger partial charge is 0.496 e. The van der Waals surface area contributed by atoms with Crippen LogP contribution in [-0.4, -0.2) is 7.11 Å². The first-order chi connectivity index (χ1) is 10.1. The lowest BCUT2D eigenvalue weighted by molar-refractivity contribution is 0.397. The maximum Gasteiger partial charge on any atom is 0.169 e. The van der Waals surface area contributed by atoms with Crippen molar-refractivity contribution in [2.45, 2.75) is 6.04 Å². The molecule has 0 radical (unpaired) electrons. The van der Waals surface area contributed by atoms with Crippen molar-refractivity contribution in [2.24, 2.45) is 5.73 Å². The molecule has 2 N–H and O–H groups in total. The van der Waals surface area contributed by atoms with Gasteiger partial charge in [-0.1, -0.05) is 18.2 Å². The number of nitrogens with two attached hydrogens (primary N) is 1. The first-order valence-electron chi connectivity index (χ1n) is 6.37. The van der Waals surface area contributed by atoms with Gasteiger partial charge < -0.3 is 14.9 Å². The number of hydrogen-bond acceptors (Lipinski definition) is 3. The predicted octanol–water partition coefficient (Wildman–Crippen LogP) is 3.77. The van der Waals surface area contributed by atoms with Crippen molar-refractivity contribution in [1.82, 2.24) is 0 Å². The summed E-state index contributed by atoms with van der Waals surface area (Å²) < 4.78 is 38.3. The van der Waals surface area contributed by atoms with Crippen LogP contribution in [-0.2, 0) is 0 Å². The minimum atomic E-state index is -0.882. The molecular weight excluding hydrogens is 276 g/mol. The van der Waals surface area contributed by atoms with Crippen LogP contribution in [0.1, 0.15) is 17.4 Å². The van der Waals surface area contributed by atoms with Crippen LogP contribution in [0.5, 0.6) is 5.75 Å². The van der Waals surface area contributed by atoms with Crippen molar-refractivity contribution in [2.75, 3.05) is 7.11 Å². The van der Waals surface area contributed by atoms with Crippen molar-refractivity contribution in [1.29, 1.82) is 0 Å². The number of ether oxygens (including phenoxy) is 1. The van der Waals surface area contributed by atoms with E-state index < -0.39 is 17.7 Å². The highest BCUT2D eigenvalue weighted by atomic mass is 19.1. The summed E-state index contributed by atoms with van der Waals surface area (Å²) in [6, 6.07) is 9.74. The van der Waals surface area contributed by atoms with E-state index in [2.05, 4.69) is 0 Å². The molecule has 1 unspecified atom stereocenters. The molecule has 21 heavy (non-hydrogen) atoms. The molecule has 0 fully saturated rings. The number of benzene rings is 2. The molecule has 3 rings (SSSR count). The average Bonchev–Trinajstić information content (AvgIpc) is 2.92. The summed E-state index contributed by atoms with van der Waals surface area (Å²) in [6.45, 7) is 0. The first-order valence-corrected chi connectivity index (χ1v) is 6.37. The van der Waals surface area contributed by atoms with E-state index in [0.717, 1.165) is 0 Å². The molecule has 108 valence electrons. The van der Waals surface area contributed by atoms with E-state index in [9.17, 15) is 8.78 Å². The first kappa shape index (κ1) is 13.6. The Morgan fingerprint density at radius 2 is 1.81 bits per heavy atom. The minimum Gasteiger partial charge on any atom is -0.496 e. The maximum atomic E-state index is 14.0. The van der Waals surface area contributed by atoms with Crippen LogP contribution in [0.3, 0.4) is 0 Å². The third-order valence-corrected chi connectivity index (χ3v) is 3.37. The van der Waals surface area contributed by atoms with Gasteiger partial charge in [0.15, 0.2) is 11.4 Å². The Balaban J connectivity index is 2.13. The second-order valence-electron chi connectivity index (χ2n) is 4.64. The summed E-state index contributed by atoms with van der Waals surface area (Å²) >= 11 is 0. The molecule has 1 atom stereocenters. The van der Waals surface area contributed by atoms with Gasteiger partial charge in [-0.2, -0.15) is 0 Å². The number of hydrogen-bond donors (Lipinski definition) is 1. The second kappa shape index (κ2) is 5.18. The highest BCUT2D eigenvalue weighted by molar-refractivity contribution is 5.78. The van der Waals surface area contributed by atoms with E-state index >= 15 is 0 Å². The number of para-hydroxylation sites is 1. The topological polar surface area (TPSA) is 48.4 Å². The van der Waals surface area contributed by atoms with Crippen molar-refractivity contribution in [3.63, 3.8) is 0 Å². The second-order valence-corrected chi connectivity index (χ2v) is 4.64. The van der Waals surface area contributed by atoms with Gasteiger partial charge in [-0.25, -0.2) is 8.78 Å². The molecule has 0 aliphatic heterocycles. The lowest BCUT2D eigenvalue weighted by Crippen LogP contribution is -2.14. The third-order valence-electron chi connectivity index (χ3n) is 3.37. The number of fused-ring (bicyclic) bond motifs is 1. The van der Waals surface area contributed by atoms with E-state index in [1.807, 2.05) is 0 Å². The standard InChI is InChI=1S/C16H13F2NO2/c1-20-12-7-3-5-10(17)14(12)15(19)13-8-9-4-2-6-11(18)16(9)21-13/h2-8,15H,19H2,1H3. The van der Waals surface area contributed by atoms with Gasteiger partial charge >= 0.3 is 0 Å². The zero-order valence-electron chi connectivity index (χ0n) is 11.3. The summed E-state index contributed by atoms with van der Waals surface area (Å²) in [5, 5.41) is 0.579. The quantitative estimate of drug-likeness (QED) is 0.798. The van der Waals surface area contributed by atoms with Gasteiger partial charge in [0.05, 0.1) is 18.7 Å². The fourth-order valence-corrected chi connectivity index (χ4v) is 2.34. The Kier molecular flexibility index (Phi) is 3.35. The highest BCUT2D eigenvalue weighted by Gasteiger charge is 2.22. The van der Waals surface area contributed by atoms with Gasteiger partial charge in [0.1, 0.15) is 17.3 Å². The van der Waals surface area contributed by atoms with Gasteiger partial charge in [0.2, 0.25) is 0 Å². The Bertz CT molecular complexity index is 798. The maximum absolute atomic E-state index is 14.0. The molecule has 0 saturated carbocycles. The molecule has 0 spiro atoms. The van der Waals surface area contributed by atoms with Gasteiger partial charge in [-0.05, 0) is 24.3 Å². The Morgan fingerprint density at radius 3 is 2.52 bits per heavy atom. The van der Waals surface area contributed by atoms with Crippen LogP contribution in [0.25, 0.3) is 11.0 Å². The molecule has 0 saturated heterocycles. The van der Waals surface area contributed by atoms with E-state index in [4.69, 9.17) is 14.9 Å². The fourth-order valence-electron chi connectivity index (χ4n) is 2.34. The van der Waals surface area contributed by atoms with E-state index in [1.165, 1.54) is 25.3 Å². The van der Waals surface area contributed by atoms with E-state index in [0.29, 0.717) is 11.1 Å². The van der Waals surface area contributed by atoms with Gasteiger partial charge in [0, 0.05) is 5.39 Å². The normalized spacial score (nSPS) is 12.6. The molecular formula is C16H13F2NO2. The predicted molar refractivity (Wildman–Crippen MR) is 75.2 cm³/mol. The van der Waals surface area contributed by atoms with Crippen molar-refractivity contribution >= 4 is 11.0 Å². The molecule has 3 aromatic rings. The smallest absolute Gasteiger partial charge is 0.169 e. The fraction of sp³-hybridized carbons (Fsp3) is 0.125. The Labute approximate surface area is 119 Å². The van der Waals surface area contributed by atoms with Gasteiger partial charge in [-0.3, -0.25) is 0 Å². The van der Waals surface area contributed by atoms with Gasteiger partial charge in [-0.15, -0.1) is 0 Å². The summed E-state index contributed by atoms with van der Waals surface area (Å²) in [6.07, 6.45) is 0. The van der Waals surface area contributed by atoms with Crippen LogP contribution in [0, 0.1) is 11.6 Å². The van der Waals surface area contributed by atoms with Gasteiger partial charge in [0.25, 0.3) is 0 Å². The molecule has 0 amide bonds. The number of halogens is 2. The van der Waals surface area contributed by atoms with Crippen molar-refractivity contribution < 1.29 is 17.9 Å². The molecule has 5 heteroatoms. The highest BCUT2D eigenvalue weighted by Crippen LogP contribution is 2.33. The minimum absolute atomic E-state index is 0.109. The van der Waals surface area contributed by atoms with E-state index in [-0.39, 0.29) is 16.9 Å². The summed E-state index contributed by atoms with van der Waals surface area (Å²) in [5.74, 6) is -0.379. The lowest BCUT2D eigenvalue weighted by atomic mass is 10.0. The molecule has 1 heterocycles. The lowest BCUT2D eigenvalue weighted by Gasteiger charge is -2.14. The van der Waals surface area contributed by atoms with Crippen molar-refractivity contribution in [3.05, 3.63) is 65.4 Å². The van der Waals surface area contributed by atoms with E-state index in [1.54, 1.807) is 24.3 Å². The van der Waals surface area contributed by atoms with Crippen LogP contribution >= 0.6 is 0 Å². The van der Waals surface area contributed by atoms with Crippen molar-refractivity contribution in [3.8, 4) is 5.75 Å². The molecule has 2 aromatic carbocycles. The zero-order chi connectivity index (χ0) is 15.0. The molecule has 0 aliphatic carbocycles. The number of methoxy groups -OCH3 is 1. The Hall–Kier alpha value is -2.40. The monoisotopic (exact) mass is 289 g/mol. The number of furan rings is 1. The molecule has 1 aromatic heterocycles. The summed E-state index contributed by atoms with van der Waals surface area (Å²) in [5.41, 5.74) is 6.36. The van der Waals surface area contributed by atoms with Crippen LogP contribution in [0.4, 0.5) is 8.78 Å². The van der Waals surface area contributed by atoms with Crippen LogP contribution < -0.4 is 10.5 Å². The SMILES string of the molecule is COc1cccc(F)c1C(N)c1cc2cccc(F)c2o1. The Morgan fingerprint density at radius 1 is 1.10 bits per heavy atom. The zero-order valence-corrected chi connectivity index (χ0v) is 11.3. The van der Waals surface area contributed by atoms with Crippen LogP contribution in [0.15, 0.2) is 46.9 Å². The molecule has 0 aliphatic rings. The number of rotatable bonds is 3. The summed E-state index contributed by atoms with van der Waals surface area (Å²) in [7, 11) is 1.43. The third kappa shape index (κ3) is 2.25. The molecule has 0 bridgehead atoms. The summed E-state index contributed by atoms with van der Waals surface area (Å²) in [4.78, 5) is 0. The average molecular weight is 289 g/mol.